The first kappa shape index (κ1) is 14.8. The molecule has 1 N–H and O–H groups in total. The molecule has 0 aromatic rings. The van der Waals surface area contributed by atoms with E-state index < -0.39 is 23.6 Å². The maximum absolute atomic E-state index is 11.5. The molecule has 6 heteroatoms. The van der Waals surface area contributed by atoms with E-state index in [4.69, 9.17) is 5.11 Å². The molecule has 0 aliphatic rings. The molecule has 0 saturated carbocycles. The fraction of sp³-hybridized carbons (Fsp3) is 0.250. The first-order valence-electron chi connectivity index (χ1n) is 3.34. The second-order valence-corrected chi connectivity index (χ2v) is 1.84. The van der Waals surface area contributed by atoms with Gasteiger partial charge < -0.3 is 9.84 Å². The highest BCUT2D eigenvalue weighted by Crippen LogP contribution is 1.92. The molecule has 0 bridgehead atoms. The molecule has 0 aromatic carbocycles. The first-order chi connectivity index (χ1) is 6.36. The minimum Gasteiger partial charge on any atom is -0.476 e. The van der Waals surface area contributed by atoms with Crippen molar-refractivity contribution in [1.29, 1.82) is 0 Å². The third-order valence-corrected chi connectivity index (χ3v) is 0.865. The van der Waals surface area contributed by atoms with E-state index in [1.165, 1.54) is 6.92 Å². The highest BCUT2D eigenvalue weighted by Gasteiger charge is 2.01. The summed E-state index contributed by atoms with van der Waals surface area (Å²) in [6, 6.07) is 0. The van der Waals surface area contributed by atoms with Crippen molar-refractivity contribution in [3.8, 4) is 0 Å². The normalized spacial score (nSPS) is 9.57. The number of halogens is 2. The van der Waals surface area contributed by atoms with Crippen LogP contribution in [0.2, 0.25) is 0 Å². The van der Waals surface area contributed by atoms with Gasteiger partial charge in [-0.1, -0.05) is 6.58 Å². The Morgan fingerprint density at radius 3 is 1.86 bits per heavy atom. The van der Waals surface area contributed by atoms with Crippen LogP contribution in [0.25, 0.3) is 0 Å². The zero-order chi connectivity index (χ0) is 11.7. The molecule has 0 saturated heterocycles. The van der Waals surface area contributed by atoms with Gasteiger partial charge in [-0.25, -0.2) is 9.59 Å². The number of ether oxygens (including phenoxy) is 1. The minimum atomic E-state index is -1.51. The SMILES string of the molecule is C=C(F)C(=O)OC.CC=C(F)C(=O)O. The first-order valence-corrected chi connectivity index (χ1v) is 3.34. The summed E-state index contributed by atoms with van der Waals surface area (Å²) in [5.41, 5.74) is 0. The number of esters is 1. The molecule has 4 nitrogen and oxygen atoms in total. The Bertz CT molecular complexity index is 258. The van der Waals surface area contributed by atoms with Crippen molar-refractivity contribution in [3.05, 3.63) is 24.3 Å². The number of allylic oxidation sites excluding steroid dienone is 1. The van der Waals surface area contributed by atoms with Gasteiger partial charge in [-0.2, -0.15) is 8.78 Å². The van der Waals surface area contributed by atoms with Gasteiger partial charge in [0.15, 0.2) is 0 Å². The van der Waals surface area contributed by atoms with Crippen molar-refractivity contribution >= 4 is 11.9 Å². The quantitative estimate of drug-likeness (QED) is 0.552. The van der Waals surface area contributed by atoms with E-state index in [9.17, 15) is 18.4 Å². The van der Waals surface area contributed by atoms with Crippen molar-refractivity contribution in [2.24, 2.45) is 0 Å². The lowest BCUT2D eigenvalue weighted by Crippen LogP contribution is -1.97. The lowest BCUT2D eigenvalue weighted by molar-refractivity contribution is -0.137. The van der Waals surface area contributed by atoms with Gasteiger partial charge >= 0.3 is 11.9 Å². The Morgan fingerprint density at radius 1 is 1.43 bits per heavy atom. The predicted octanol–water partition coefficient (Wildman–Crippen LogP) is 1.59. The van der Waals surface area contributed by atoms with Crippen LogP contribution in [0.1, 0.15) is 6.92 Å². The molecular formula is C8H10F2O4. The smallest absolute Gasteiger partial charge is 0.366 e. The summed E-state index contributed by atoms with van der Waals surface area (Å²) in [5.74, 6) is -4.70. The molecule has 0 spiro atoms. The van der Waals surface area contributed by atoms with E-state index in [-0.39, 0.29) is 0 Å². The zero-order valence-electron chi connectivity index (χ0n) is 7.71. The number of carboxylic acid groups (broad SMARTS) is 1. The highest BCUT2D eigenvalue weighted by atomic mass is 19.1. The Morgan fingerprint density at radius 2 is 1.86 bits per heavy atom. The Kier molecular flexibility index (Phi) is 8.35. The van der Waals surface area contributed by atoms with E-state index in [1.807, 2.05) is 0 Å². The number of aliphatic carboxylic acids is 1. The van der Waals surface area contributed by atoms with Gasteiger partial charge in [-0.3, -0.25) is 0 Å². The molecule has 0 atom stereocenters. The van der Waals surface area contributed by atoms with E-state index in [0.717, 1.165) is 13.2 Å². The maximum atomic E-state index is 11.5. The summed E-state index contributed by atoms with van der Waals surface area (Å²) in [4.78, 5) is 19.3. The monoisotopic (exact) mass is 208 g/mol. The van der Waals surface area contributed by atoms with Crippen molar-refractivity contribution in [1.82, 2.24) is 0 Å². The Labute approximate surface area is 79.5 Å². The molecule has 14 heavy (non-hydrogen) atoms. The van der Waals surface area contributed by atoms with Crippen LogP contribution in [0, 0.1) is 0 Å². The lowest BCUT2D eigenvalue weighted by Gasteiger charge is -1.88. The third-order valence-electron chi connectivity index (χ3n) is 0.865. The van der Waals surface area contributed by atoms with E-state index >= 15 is 0 Å². The largest absolute Gasteiger partial charge is 0.476 e. The molecule has 0 fully saturated rings. The number of carbonyl (C=O) groups excluding carboxylic acids is 1. The zero-order valence-corrected chi connectivity index (χ0v) is 7.71. The Hall–Kier alpha value is -1.72. The molecule has 0 heterocycles. The van der Waals surface area contributed by atoms with Gasteiger partial charge in [-0.15, -0.1) is 0 Å². The summed E-state index contributed by atoms with van der Waals surface area (Å²) >= 11 is 0. The molecule has 0 aliphatic carbocycles. The summed E-state index contributed by atoms with van der Waals surface area (Å²) in [6.07, 6.45) is 0.891. The maximum Gasteiger partial charge on any atom is 0.366 e. The molecule has 0 aromatic heterocycles. The van der Waals surface area contributed by atoms with Gasteiger partial charge in [0.05, 0.1) is 7.11 Å². The molecule has 0 rings (SSSR count). The van der Waals surface area contributed by atoms with Crippen LogP contribution in [-0.4, -0.2) is 24.2 Å². The number of methoxy groups -OCH3 is 1. The molecular weight excluding hydrogens is 198 g/mol. The number of carboxylic acids is 1. The van der Waals surface area contributed by atoms with Crippen LogP contribution in [0.15, 0.2) is 24.3 Å². The second-order valence-electron chi connectivity index (χ2n) is 1.84. The van der Waals surface area contributed by atoms with Crippen molar-refractivity contribution in [3.63, 3.8) is 0 Å². The molecule has 0 unspecified atom stereocenters. The topological polar surface area (TPSA) is 63.6 Å². The predicted molar refractivity (Wildman–Crippen MR) is 44.8 cm³/mol. The fourth-order valence-corrected chi connectivity index (χ4v) is 0.234. The van der Waals surface area contributed by atoms with E-state index in [2.05, 4.69) is 11.3 Å². The standard InChI is InChI=1S/2C4H5FO2/c1-3(5)4(6)7-2;1-2-3(5)4(6)7/h1H2,2H3;2H,1H3,(H,6,7). The van der Waals surface area contributed by atoms with Gasteiger partial charge in [0.25, 0.3) is 0 Å². The summed E-state index contributed by atoms with van der Waals surface area (Å²) < 4.78 is 26.8. The number of rotatable bonds is 2. The average Bonchev–Trinajstić information content (AvgIpc) is 2.15. The van der Waals surface area contributed by atoms with E-state index in [1.54, 1.807) is 0 Å². The second kappa shape index (κ2) is 7.90. The Balaban J connectivity index is 0. The van der Waals surface area contributed by atoms with E-state index in [0.29, 0.717) is 0 Å². The molecule has 0 radical (unpaired) electrons. The van der Waals surface area contributed by atoms with Gasteiger partial charge in [0.2, 0.25) is 11.7 Å². The summed E-state index contributed by atoms with van der Waals surface area (Å²) in [5, 5.41) is 7.74. The minimum absolute atomic E-state index is 0.891. The van der Waals surface area contributed by atoms with Crippen molar-refractivity contribution < 1.29 is 28.2 Å². The third kappa shape index (κ3) is 8.38. The van der Waals surface area contributed by atoms with Crippen LogP contribution in [0.5, 0.6) is 0 Å². The van der Waals surface area contributed by atoms with Gasteiger partial charge in [0, 0.05) is 0 Å². The number of carbonyl (C=O) groups is 2. The fourth-order valence-electron chi connectivity index (χ4n) is 0.234. The molecule has 0 aliphatic heterocycles. The van der Waals surface area contributed by atoms with Crippen LogP contribution < -0.4 is 0 Å². The van der Waals surface area contributed by atoms with Crippen molar-refractivity contribution in [2.75, 3.05) is 7.11 Å². The van der Waals surface area contributed by atoms with Crippen LogP contribution in [-0.2, 0) is 14.3 Å². The van der Waals surface area contributed by atoms with Crippen LogP contribution in [0.4, 0.5) is 8.78 Å². The van der Waals surface area contributed by atoms with Crippen LogP contribution in [0.3, 0.4) is 0 Å². The average molecular weight is 208 g/mol. The van der Waals surface area contributed by atoms with Gasteiger partial charge in [-0.05, 0) is 13.0 Å². The van der Waals surface area contributed by atoms with Gasteiger partial charge in [0.1, 0.15) is 0 Å². The summed E-state index contributed by atoms with van der Waals surface area (Å²) in [6.45, 7) is 4.01. The van der Waals surface area contributed by atoms with Crippen LogP contribution >= 0.6 is 0 Å². The number of hydrogen-bond acceptors (Lipinski definition) is 3. The number of hydrogen-bond donors (Lipinski definition) is 1. The molecule has 0 amide bonds. The summed E-state index contributed by atoms with van der Waals surface area (Å²) in [7, 11) is 1.09. The lowest BCUT2D eigenvalue weighted by atomic mass is 10.5. The highest BCUT2D eigenvalue weighted by molar-refractivity contribution is 5.85. The van der Waals surface area contributed by atoms with Crippen molar-refractivity contribution in [2.45, 2.75) is 6.92 Å². The molecule has 80 valence electrons.